The number of alkyl halides is 3. The van der Waals surface area contributed by atoms with Gasteiger partial charge in [0.25, 0.3) is 5.56 Å². The number of aromatic nitrogens is 2. The molecule has 1 heterocycles. The summed E-state index contributed by atoms with van der Waals surface area (Å²) in [5, 5.41) is 0. The highest BCUT2D eigenvalue weighted by atomic mass is 79.9. The third kappa shape index (κ3) is 3.53. The molecule has 0 amide bonds. The quantitative estimate of drug-likeness (QED) is 0.865. The summed E-state index contributed by atoms with van der Waals surface area (Å²) in [6, 6.07) is 5.03. The van der Waals surface area contributed by atoms with Gasteiger partial charge in [0.05, 0.1) is 11.3 Å². The molecule has 0 aliphatic carbocycles. The standard InChI is InChI=1S/C14H12BrF3N2O/c1-7(2)11-6-12(21)20-13(19-11)9-4-3-8(15)5-10(9)14(16,17)18/h3-7H,1-2H3,(H,19,20,21). The minimum Gasteiger partial charge on any atom is -0.307 e. The van der Waals surface area contributed by atoms with Crippen molar-refractivity contribution in [2.24, 2.45) is 0 Å². The van der Waals surface area contributed by atoms with Crippen molar-refractivity contribution in [2.45, 2.75) is 25.9 Å². The van der Waals surface area contributed by atoms with Crippen LogP contribution < -0.4 is 5.56 Å². The molecular weight excluding hydrogens is 349 g/mol. The Labute approximate surface area is 127 Å². The van der Waals surface area contributed by atoms with E-state index in [0.717, 1.165) is 6.07 Å². The number of halogens is 4. The maximum Gasteiger partial charge on any atom is 0.417 e. The average Bonchev–Trinajstić information content (AvgIpc) is 2.36. The highest BCUT2D eigenvalue weighted by Crippen LogP contribution is 2.37. The van der Waals surface area contributed by atoms with Crippen LogP contribution in [-0.4, -0.2) is 9.97 Å². The second-order valence-electron chi connectivity index (χ2n) is 4.86. The lowest BCUT2D eigenvalue weighted by molar-refractivity contribution is -0.137. The largest absolute Gasteiger partial charge is 0.417 e. The molecule has 3 nitrogen and oxygen atoms in total. The van der Waals surface area contributed by atoms with Crippen LogP contribution in [0.5, 0.6) is 0 Å². The number of rotatable bonds is 2. The van der Waals surface area contributed by atoms with Gasteiger partial charge in [-0.3, -0.25) is 4.79 Å². The fraction of sp³-hybridized carbons (Fsp3) is 0.286. The minimum absolute atomic E-state index is 0.0594. The fourth-order valence-corrected chi connectivity index (χ4v) is 2.22. The van der Waals surface area contributed by atoms with Crippen molar-refractivity contribution < 1.29 is 13.2 Å². The maximum absolute atomic E-state index is 13.1. The first-order valence-electron chi connectivity index (χ1n) is 6.17. The maximum atomic E-state index is 13.1. The number of hydrogen-bond donors (Lipinski definition) is 1. The van der Waals surface area contributed by atoms with Gasteiger partial charge in [0.2, 0.25) is 0 Å². The normalized spacial score (nSPS) is 12.0. The van der Waals surface area contributed by atoms with Crippen LogP contribution in [0.25, 0.3) is 11.4 Å². The average molecular weight is 361 g/mol. The van der Waals surface area contributed by atoms with Crippen LogP contribution in [0.4, 0.5) is 13.2 Å². The second kappa shape index (κ2) is 5.63. The molecule has 1 N–H and O–H groups in total. The Morgan fingerprint density at radius 1 is 1.24 bits per heavy atom. The first kappa shape index (κ1) is 15.8. The lowest BCUT2D eigenvalue weighted by Gasteiger charge is -2.14. The monoisotopic (exact) mass is 360 g/mol. The molecule has 0 spiro atoms. The molecule has 112 valence electrons. The van der Waals surface area contributed by atoms with Crippen LogP contribution in [0.3, 0.4) is 0 Å². The first-order chi connectivity index (χ1) is 9.68. The molecule has 0 bridgehead atoms. The van der Waals surface area contributed by atoms with E-state index in [1.54, 1.807) is 0 Å². The molecule has 0 fully saturated rings. The van der Waals surface area contributed by atoms with Gasteiger partial charge in [0.1, 0.15) is 5.82 Å². The molecule has 21 heavy (non-hydrogen) atoms. The van der Waals surface area contributed by atoms with Gasteiger partial charge in [-0.05, 0) is 24.1 Å². The van der Waals surface area contributed by atoms with Crippen LogP contribution in [-0.2, 0) is 6.18 Å². The van der Waals surface area contributed by atoms with Crippen LogP contribution in [0.1, 0.15) is 31.0 Å². The minimum atomic E-state index is -4.54. The van der Waals surface area contributed by atoms with Gasteiger partial charge in [-0.2, -0.15) is 13.2 Å². The summed E-state index contributed by atoms with van der Waals surface area (Å²) >= 11 is 3.02. The van der Waals surface area contributed by atoms with Crippen molar-refractivity contribution in [1.29, 1.82) is 0 Å². The van der Waals surface area contributed by atoms with Crippen molar-refractivity contribution in [3.8, 4) is 11.4 Å². The highest BCUT2D eigenvalue weighted by Gasteiger charge is 2.34. The Balaban J connectivity index is 2.70. The topological polar surface area (TPSA) is 45.8 Å². The number of nitrogens with one attached hydrogen (secondary N) is 1. The van der Waals surface area contributed by atoms with Gasteiger partial charge in [-0.25, -0.2) is 4.98 Å². The molecule has 0 aliphatic rings. The number of hydrogen-bond acceptors (Lipinski definition) is 2. The summed E-state index contributed by atoms with van der Waals surface area (Å²) in [6.45, 7) is 3.63. The van der Waals surface area contributed by atoms with E-state index in [1.807, 2.05) is 13.8 Å². The first-order valence-corrected chi connectivity index (χ1v) is 6.96. The zero-order valence-electron chi connectivity index (χ0n) is 11.3. The smallest absolute Gasteiger partial charge is 0.307 e. The van der Waals surface area contributed by atoms with E-state index in [1.165, 1.54) is 18.2 Å². The molecule has 0 saturated heterocycles. The Kier molecular flexibility index (Phi) is 4.22. The van der Waals surface area contributed by atoms with E-state index >= 15 is 0 Å². The predicted octanol–water partition coefficient (Wildman–Crippen LogP) is 4.34. The van der Waals surface area contributed by atoms with Crippen molar-refractivity contribution in [1.82, 2.24) is 9.97 Å². The van der Waals surface area contributed by atoms with E-state index in [-0.39, 0.29) is 17.3 Å². The summed E-state index contributed by atoms with van der Waals surface area (Å²) < 4.78 is 39.7. The Bertz CT molecular complexity index is 723. The molecule has 1 aromatic carbocycles. The highest BCUT2D eigenvalue weighted by molar-refractivity contribution is 9.10. The van der Waals surface area contributed by atoms with Crippen molar-refractivity contribution in [3.63, 3.8) is 0 Å². The van der Waals surface area contributed by atoms with Crippen molar-refractivity contribution >= 4 is 15.9 Å². The van der Waals surface area contributed by atoms with Crippen LogP contribution in [0, 0.1) is 0 Å². The Hall–Kier alpha value is -1.63. The number of aromatic amines is 1. The van der Waals surface area contributed by atoms with E-state index < -0.39 is 17.3 Å². The van der Waals surface area contributed by atoms with E-state index in [2.05, 4.69) is 25.9 Å². The lowest BCUT2D eigenvalue weighted by Crippen LogP contribution is -2.14. The third-order valence-electron chi connectivity index (χ3n) is 2.90. The van der Waals surface area contributed by atoms with Gasteiger partial charge in [0.15, 0.2) is 0 Å². The zero-order valence-corrected chi connectivity index (χ0v) is 12.8. The summed E-state index contributed by atoms with van der Waals surface area (Å²) in [5.74, 6) is -0.137. The fourth-order valence-electron chi connectivity index (χ4n) is 1.86. The van der Waals surface area contributed by atoms with Gasteiger partial charge in [0, 0.05) is 16.1 Å². The van der Waals surface area contributed by atoms with Gasteiger partial charge in [-0.15, -0.1) is 0 Å². The van der Waals surface area contributed by atoms with Crippen LogP contribution >= 0.6 is 15.9 Å². The Morgan fingerprint density at radius 2 is 1.90 bits per heavy atom. The zero-order chi connectivity index (χ0) is 15.8. The van der Waals surface area contributed by atoms with E-state index in [4.69, 9.17) is 0 Å². The summed E-state index contributed by atoms with van der Waals surface area (Å²) in [6.07, 6.45) is -4.54. The number of nitrogens with zero attached hydrogens (tertiary/aromatic N) is 1. The predicted molar refractivity (Wildman–Crippen MR) is 77.1 cm³/mol. The molecule has 0 saturated carbocycles. The molecule has 1 aromatic heterocycles. The second-order valence-corrected chi connectivity index (χ2v) is 5.78. The Morgan fingerprint density at radius 3 is 2.48 bits per heavy atom. The molecule has 2 aromatic rings. The van der Waals surface area contributed by atoms with Gasteiger partial charge in [-0.1, -0.05) is 29.8 Å². The van der Waals surface area contributed by atoms with Crippen molar-refractivity contribution in [3.05, 3.63) is 50.3 Å². The molecule has 2 rings (SSSR count). The molecule has 7 heteroatoms. The summed E-state index contributed by atoms with van der Waals surface area (Å²) in [7, 11) is 0. The molecule has 0 aliphatic heterocycles. The van der Waals surface area contributed by atoms with Crippen molar-refractivity contribution in [2.75, 3.05) is 0 Å². The van der Waals surface area contributed by atoms with Gasteiger partial charge >= 0.3 is 6.18 Å². The third-order valence-corrected chi connectivity index (χ3v) is 3.39. The number of benzene rings is 1. The van der Waals surface area contributed by atoms with E-state index in [0.29, 0.717) is 10.2 Å². The lowest BCUT2D eigenvalue weighted by atomic mass is 10.1. The van der Waals surface area contributed by atoms with Crippen LogP contribution in [0.2, 0.25) is 0 Å². The summed E-state index contributed by atoms with van der Waals surface area (Å²) in [5.41, 5.74) is -1.02. The molecule has 0 unspecified atom stereocenters. The van der Waals surface area contributed by atoms with Gasteiger partial charge < -0.3 is 4.98 Å². The molecule has 0 atom stereocenters. The SMILES string of the molecule is CC(C)c1cc(=O)[nH]c(-c2ccc(Br)cc2C(F)(F)F)n1. The number of H-pyrrole nitrogens is 1. The van der Waals surface area contributed by atoms with Crippen LogP contribution in [0.15, 0.2) is 33.5 Å². The molecular formula is C14H12BrF3N2O. The summed E-state index contributed by atoms with van der Waals surface area (Å²) in [4.78, 5) is 18.1. The molecule has 0 radical (unpaired) electrons. The van der Waals surface area contributed by atoms with E-state index in [9.17, 15) is 18.0 Å².